The molecule has 88 valence electrons. The predicted octanol–water partition coefficient (Wildman–Crippen LogP) is 2.74. The van der Waals surface area contributed by atoms with Crippen LogP contribution in [0.1, 0.15) is 32.4 Å². The number of thiazole rings is 1. The molecular weight excluding hydrogens is 220 g/mol. The van der Waals surface area contributed by atoms with Crippen molar-refractivity contribution in [2.75, 3.05) is 6.61 Å². The van der Waals surface area contributed by atoms with Gasteiger partial charge in [0.15, 0.2) is 4.96 Å². The third-order valence-corrected chi connectivity index (χ3v) is 4.31. The molecule has 4 heteroatoms. The Balaban J connectivity index is 2.22. The summed E-state index contributed by atoms with van der Waals surface area (Å²) in [6.07, 6.45) is 6.94. The highest BCUT2D eigenvalue weighted by atomic mass is 32.1. The number of rotatable bonds is 5. The van der Waals surface area contributed by atoms with E-state index in [9.17, 15) is 5.11 Å². The Morgan fingerprint density at radius 2 is 2.19 bits per heavy atom. The van der Waals surface area contributed by atoms with Crippen LogP contribution in [0, 0.1) is 5.41 Å². The smallest absolute Gasteiger partial charge is 0.193 e. The standard InChI is InChI=1S/C12H18N2OS/c1-3-12(4-2,9-15)7-10-8-14-5-6-16-11(14)13-10/h5-6,8,15H,3-4,7,9H2,1-2H3. The van der Waals surface area contributed by atoms with E-state index < -0.39 is 0 Å². The highest BCUT2D eigenvalue weighted by Crippen LogP contribution is 2.30. The van der Waals surface area contributed by atoms with Gasteiger partial charge >= 0.3 is 0 Å². The summed E-state index contributed by atoms with van der Waals surface area (Å²) in [5, 5.41) is 11.6. The van der Waals surface area contributed by atoms with Crippen LogP contribution in [0.4, 0.5) is 0 Å². The van der Waals surface area contributed by atoms with E-state index in [4.69, 9.17) is 0 Å². The summed E-state index contributed by atoms with van der Waals surface area (Å²) < 4.78 is 2.05. The average molecular weight is 238 g/mol. The van der Waals surface area contributed by atoms with Crippen molar-refractivity contribution in [1.29, 1.82) is 0 Å². The quantitative estimate of drug-likeness (QED) is 0.869. The highest BCUT2D eigenvalue weighted by Gasteiger charge is 2.26. The second-order valence-electron chi connectivity index (χ2n) is 4.37. The fourth-order valence-corrected chi connectivity index (χ4v) is 2.74. The zero-order valence-corrected chi connectivity index (χ0v) is 10.6. The van der Waals surface area contributed by atoms with Gasteiger partial charge in [-0.3, -0.25) is 4.40 Å². The third-order valence-electron chi connectivity index (χ3n) is 3.53. The Morgan fingerprint density at radius 3 is 2.75 bits per heavy atom. The second kappa shape index (κ2) is 4.55. The van der Waals surface area contributed by atoms with Crippen LogP contribution in [-0.2, 0) is 6.42 Å². The summed E-state index contributed by atoms with van der Waals surface area (Å²) in [5.74, 6) is 0. The number of aromatic nitrogens is 2. The molecule has 0 aliphatic rings. The van der Waals surface area contributed by atoms with Gasteiger partial charge in [0.1, 0.15) is 0 Å². The van der Waals surface area contributed by atoms with Crippen LogP contribution in [0.3, 0.4) is 0 Å². The van der Waals surface area contributed by atoms with Crippen LogP contribution in [0.15, 0.2) is 17.8 Å². The molecule has 0 radical (unpaired) electrons. The van der Waals surface area contributed by atoms with Crippen molar-refractivity contribution >= 4 is 16.3 Å². The first-order chi connectivity index (χ1) is 7.73. The first-order valence-corrected chi connectivity index (χ1v) is 6.63. The third kappa shape index (κ3) is 1.99. The summed E-state index contributed by atoms with van der Waals surface area (Å²) in [7, 11) is 0. The van der Waals surface area contributed by atoms with Gasteiger partial charge in [-0.1, -0.05) is 13.8 Å². The number of aliphatic hydroxyl groups excluding tert-OH is 1. The Hall–Kier alpha value is -0.870. The Bertz CT molecular complexity index is 419. The molecule has 0 fully saturated rings. The second-order valence-corrected chi connectivity index (χ2v) is 5.24. The Morgan fingerprint density at radius 1 is 1.44 bits per heavy atom. The molecule has 0 spiro atoms. The number of hydrogen-bond acceptors (Lipinski definition) is 3. The predicted molar refractivity (Wildman–Crippen MR) is 66.9 cm³/mol. The molecule has 0 saturated carbocycles. The lowest BCUT2D eigenvalue weighted by Crippen LogP contribution is -2.26. The van der Waals surface area contributed by atoms with Crippen LogP contribution in [0.2, 0.25) is 0 Å². The van der Waals surface area contributed by atoms with Crippen molar-refractivity contribution in [3.8, 4) is 0 Å². The summed E-state index contributed by atoms with van der Waals surface area (Å²) in [4.78, 5) is 5.61. The lowest BCUT2D eigenvalue weighted by atomic mass is 9.79. The molecular formula is C12H18N2OS. The van der Waals surface area contributed by atoms with Gasteiger partial charge in [-0.15, -0.1) is 11.3 Å². The summed E-state index contributed by atoms with van der Waals surface area (Å²) in [6.45, 7) is 4.52. The topological polar surface area (TPSA) is 37.5 Å². The largest absolute Gasteiger partial charge is 0.396 e. The van der Waals surface area contributed by atoms with Crippen molar-refractivity contribution in [3.63, 3.8) is 0 Å². The number of hydrogen-bond donors (Lipinski definition) is 1. The molecule has 0 bridgehead atoms. The van der Waals surface area contributed by atoms with Gasteiger partial charge < -0.3 is 5.11 Å². The molecule has 2 aromatic heterocycles. The van der Waals surface area contributed by atoms with Gasteiger partial charge in [0.2, 0.25) is 0 Å². The van der Waals surface area contributed by atoms with Crippen molar-refractivity contribution in [1.82, 2.24) is 9.38 Å². The van der Waals surface area contributed by atoms with Crippen LogP contribution in [-0.4, -0.2) is 21.1 Å². The fourth-order valence-electron chi connectivity index (χ4n) is 2.02. The average Bonchev–Trinajstić information content (AvgIpc) is 2.86. The summed E-state index contributed by atoms with van der Waals surface area (Å²) in [6, 6.07) is 0. The van der Waals surface area contributed by atoms with Gasteiger partial charge in [-0.05, 0) is 24.7 Å². The molecule has 2 heterocycles. The molecule has 0 unspecified atom stereocenters. The van der Waals surface area contributed by atoms with E-state index in [1.165, 1.54) is 0 Å². The van der Waals surface area contributed by atoms with E-state index in [2.05, 4.69) is 25.0 Å². The zero-order valence-electron chi connectivity index (χ0n) is 9.81. The molecule has 1 N–H and O–H groups in total. The van der Waals surface area contributed by atoms with Gasteiger partial charge in [0.25, 0.3) is 0 Å². The maximum atomic E-state index is 9.53. The van der Waals surface area contributed by atoms with Gasteiger partial charge in [0, 0.05) is 24.4 Å². The molecule has 0 atom stereocenters. The summed E-state index contributed by atoms with van der Waals surface area (Å²) >= 11 is 1.65. The number of nitrogens with zero attached hydrogens (tertiary/aromatic N) is 2. The van der Waals surface area contributed by atoms with Crippen molar-refractivity contribution in [2.24, 2.45) is 5.41 Å². The van der Waals surface area contributed by atoms with Crippen molar-refractivity contribution < 1.29 is 5.11 Å². The molecule has 0 amide bonds. The minimum atomic E-state index is 0.00400. The first kappa shape index (κ1) is 11.6. The lowest BCUT2D eigenvalue weighted by Gasteiger charge is -2.28. The Labute approximate surface area is 99.8 Å². The minimum absolute atomic E-state index is 0.00400. The van der Waals surface area contributed by atoms with Crippen LogP contribution in [0.5, 0.6) is 0 Å². The maximum absolute atomic E-state index is 9.53. The molecule has 0 aromatic carbocycles. The van der Waals surface area contributed by atoms with E-state index >= 15 is 0 Å². The van der Waals surface area contributed by atoms with Crippen molar-refractivity contribution in [3.05, 3.63) is 23.5 Å². The summed E-state index contributed by atoms with van der Waals surface area (Å²) in [5.41, 5.74) is 1.09. The van der Waals surface area contributed by atoms with Gasteiger partial charge in [-0.25, -0.2) is 4.98 Å². The molecule has 0 saturated heterocycles. The normalized spacial score (nSPS) is 12.4. The highest BCUT2D eigenvalue weighted by molar-refractivity contribution is 7.15. The molecule has 0 aliphatic heterocycles. The molecule has 2 aromatic rings. The minimum Gasteiger partial charge on any atom is -0.396 e. The zero-order chi connectivity index (χ0) is 11.6. The molecule has 2 rings (SSSR count). The number of aliphatic hydroxyl groups is 1. The Kier molecular flexibility index (Phi) is 3.30. The van der Waals surface area contributed by atoms with E-state index in [0.717, 1.165) is 29.9 Å². The number of imidazole rings is 1. The molecule has 0 aliphatic carbocycles. The maximum Gasteiger partial charge on any atom is 0.193 e. The van der Waals surface area contributed by atoms with E-state index in [1.54, 1.807) is 11.3 Å². The van der Waals surface area contributed by atoms with Gasteiger partial charge in [-0.2, -0.15) is 0 Å². The van der Waals surface area contributed by atoms with E-state index in [1.807, 2.05) is 16.0 Å². The fraction of sp³-hybridized carbons (Fsp3) is 0.583. The van der Waals surface area contributed by atoms with Crippen LogP contribution < -0.4 is 0 Å². The molecule has 16 heavy (non-hydrogen) atoms. The molecule has 3 nitrogen and oxygen atoms in total. The monoisotopic (exact) mass is 238 g/mol. The lowest BCUT2D eigenvalue weighted by molar-refractivity contribution is 0.114. The van der Waals surface area contributed by atoms with Crippen LogP contribution in [0.25, 0.3) is 4.96 Å². The van der Waals surface area contributed by atoms with E-state index in [0.29, 0.717) is 0 Å². The first-order valence-electron chi connectivity index (χ1n) is 5.75. The van der Waals surface area contributed by atoms with E-state index in [-0.39, 0.29) is 12.0 Å². The van der Waals surface area contributed by atoms with Crippen molar-refractivity contribution in [2.45, 2.75) is 33.1 Å². The number of fused-ring (bicyclic) bond motifs is 1. The van der Waals surface area contributed by atoms with Crippen LogP contribution >= 0.6 is 11.3 Å². The SMILES string of the molecule is CCC(CC)(CO)Cc1cn2ccsc2n1. The van der Waals surface area contributed by atoms with Gasteiger partial charge in [0.05, 0.1) is 5.69 Å².